The Labute approximate surface area is 180 Å². The maximum absolute atomic E-state index is 12.5. The van der Waals surface area contributed by atoms with Crippen molar-refractivity contribution in [2.24, 2.45) is 0 Å². The number of carbonyl (C=O) groups excluding carboxylic acids is 1. The summed E-state index contributed by atoms with van der Waals surface area (Å²) in [5, 5.41) is 2.31. The van der Waals surface area contributed by atoms with Gasteiger partial charge in [0.05, 0.1) is 6.61 Å². The van der Waals surface area contributed by atoms with Gasteiger partial charge in [-0.25, -0.2) is 0 Å². The van der Waals surface area contributed by atoms with E-state index >= 15 is 0 Å². The molecule has 2 aliphatic rings. The van der Waals surface area contributed by atoms with Crippen LogP contribution in [0.5, 0.6) is 0 Å². The van der Waals surface area contributed by atoms with Crippen molar-refractivity contribution in [3.63, 3.8) is 0 Å². The first-order valence-corrected chi connectivity index (χ1v) is 12.4. The van der Waals surface area contributed by atoms with Gasteiger partial charge in [0, 0.05) is 0 Å². The molecule has 2 atom stereocenters. The molecule has 0 amide bonds. The SMILES string of the molecule is CC1(C)OC2C(CO[Si](c3ccccc3)(c3ccccc3)C(C)(C)C)=CC(=O)[C@H]2O1. The molecule has 0 aromatic heterocycles. The van der Waals surface area contributed by atoms with Crippen LogP contribution >= 0.6 is 0 Å². The summed E-state index contributed by atoms with van der Waals surface area (Å²) in [6, 6.07) is 21.0. The van der Waals surface area contributed by atoms with Gasteiger partial charge in [-0.3, -0.25) is 4.79 Å². The highest BCUT2D eigenvalue weighted by Gasteiger charge is 2.53. The predicted molar refractivity (Wildman–Crippen MR) is 120 cm³/mol. The Kier molecular flexibility index (Phi) is 5.35. The third-order valence-corrected chi connectivity index (χ3v) is 10.9. The lowest BCUT2D eigenvalue weighted by atomic mass is 10.2. The molecule has 1 unspecified atom stereocenters. The zero-order valence-electron chi connectivity index (χ0n) is 18.3. The Hall–Kier alpha value is -2.05. The third kappa shape index (κ3) is 3.60. The highest BCUT2D eigenvalue weighted by atomic mass is 28.4. The fourth-order valence-electron chi connectivity index (χ4n) is 4.66. The van der Waals surface area contributed by atoms with E-state index < -0.39 is 20.2 Å². The van der Waals surface area contributed by atoms with Crippen LogP contribution in [0.4, 0.5) is 0 Å². The molecular weight excluding hydrogens is 392 g/mol. The molecule has 0 N–H and O–H groups in total. The minimum absolute atomic E-state index is 0.0355. The minimum Gasteiger partial charge on any atom is -0.403 e. The second-order valence-electron chi connectivity index (χ2n) is 9.55. The molecule has 0 saturated carbocycles. The number of fused-ring (bicyclic) bond motifs is 1. The van der Waals surface area contributed by atoms with Crippen molar-refractivity contribution in [3.8, 4) is 0 Å². The van der Waals surface area contributed by atoms with E-state index in [1.807, 2.05) is 26.0 Å². The summed E-state index contributed by atoms with van der Waals surface area (Å²) >= 11 is 0. The molecule has 158 valence electrons. The van der Waals surface area contributed by atoms with Crippen molar-refractivity contribution in [2.75, 3.05) is 6.61 Å². The van der Waals surface area contributed by atoms with Crippen molar-refractivity contribution in [3.05, 3.63) is 72.3 Å². The van der Waals surface area contributed by atoms with E-state index in [9.17, 15) is 4.79 Å². The maximum Gasteiger partial charge on any atom is 0.261 e. The van der Waals surface area contributed by atoms with E-state index in [0.717, 1.165) is 5.57 Å². The fraction of sp³-hybridized carbons (Fsp3) is 0.400. The van der Waals surface area contributed by atoms with Gasteiger partial charge < -0.3 is 13.9 Å². The van der Waals surface area contributed by atoms with Crippen LogP contribution in [0.25, 0.3) is 0 Å². The van der Waals surface area contributed by atoms with Gasteiger partial charge in [0.1, 0.15) is 6.10 Å². The Balaban J connectivity index is 1.73. The van der Waals surface area contributed by atoms with Gasteiger partial charge in [0.25, 0.3) is 8.32 Å². The summed E-state index contributed by atoms with van der Waals surface area (Å²) < 4.78 is 18.8. The molecule has 0 spiro atoms. The molecule has 2 aromatic carbocycles. The molecule has 5 heteroatoms. The van der Waals surface area contributed by atoms with Crippen LogP contribution in [0.2, 0.25) is 5.04 Å². The smallest absolute Gasteiger partial charge is 0.261 e. The molecule has 30 heavy (non-hydrogen) atoms. The number of ether oxygens (including phenoxy) is 2. The molecule has 0 radical (unpaired) electrons. The number of hydrogen-bond acceptors (Lipinski definition) is 4. The van der Waals surface area contributed by atoms with E-state index in [0.29, 0.717) is 6.61 Å². The first-order valence-electron chi connectivity index (χ1n) is 10.5. The van der Waals surface area contributed by atoms with Crippen LogP contribution in [0, 0.1) is 0 Å². The lowest BCUT2D eigenvalue weighted by molar-refractivity contribution is -0.153. The van der Waals surface area contributed by atoms with Gasteiger partial charge in [-0.2, -0.15) is 0 Å². The largest absolute Gasteiger partial charge is 0.403 e. The van der Waals surface area contributed by atoms with Crippen molar-refractivity contribution >= 4 is 24.5 Å². The first kappa shape index (κ1) is 21.2. The molecule has 2 aromatic rings. The monoisotopic (exact) mass is 422 g/mol. The topological polar surface area (TPSA) is 44.8 Å². The molecule has 4 nitrogen and oxygen atoms in total. The predicted octanol–water partition coefficient (Wildman–Crippen LogP) is 3.59. The quantitative estimate of drug-likeness (QED) is 0.691. The number of ketones is 1. The van der Waals surface area contributed by atoms with Crippen molar-refractivity contribution < 1.29 is 18.7 Å². The van der Waals surface area contributed by atoms with Crippen LogP contribution in [0.3, 0.4) is 0 Å². The molecule has 1 saturated heterocycles. The van der Waals surface area contributed by atoms with Crippen LogP contribution in [-0.4, -0.2) is 38.7 Å². The van der Waals surface area contributed by atoms with Crippen molar-refractivity contribution in [2.45, 2.75) is 57.7 Å². The molecule has 0 bridgehead atoms. The van der Waals surface area contributed by atoms with Gasteiger partial charge in [-0.05, 0) is 40.9 Å². The van der Waals surface area contributed by atoms with Gasteiger partial charge in [0.15, 0.2) is 17.7 Å². The van der Waals surface area contributed by atoms with Crippen molar-refractivity contribution in [1.82, 2.24) is 0 Å². The average molecular weight is 423 g/mol. The standard InChI is InChI=1S/C25H30O4Si/c1-24(2,3)30(19-12-8-6-9-13-19,20-14-10-7-11-15-20)27-17-18-16-21(26)23-22(18)28-25(4,5)29-23/h6-16,22-23H,17H2,1-5H3/t22?,23-/m1/s1. The minimum atomic E-state index is -2.67. The molecule has 1 heterocycles. The molecule has 1 aliphatic carbocycles. The van der Waals surface area contributed by atoms with Gasteiger partial charge in [-0.1, -0.05) is 81.4 Å². The molecular formula is C25H30O4Si. The van der Waals surface area contributed by atoms with E-state index in [-0.39, 0.29) is 16.9 Å². The van der Waals surface area contributed by atoms with Crippen LogP contribution in [-0.2, 0) is 18.7 Å². The fourth-order valence-corrected chi connectivity index (χ4v) is 9.20. The van der Waals surface area contributed by atoms with Gasteiger partial charge >= 0.3 is 0 Å². The van der Waals surface area contributed by atoms with Crippen LogP contribution in [0.1, 0.15) is 34.6 Å². The zero-order valence-corrected chi connectivity index (χ0v) is 19.3. The first-order chi connectivity index (χ1) is 14.1. The maximum atomic E-state index is 12.5. The number of benzene rings is 2. The second-order valence-corrected chi connectivity index (χ2v) is 13.9. The number of carbonyl (C=O) groups is 1. The van der Waals surface area contributed by atoms with E-state index in [2.05, 4.69) is 69.3 Å². The number of rotatable bonds is 5. The normalized spacial score (nSPS) is 23.4. The second kappa shape index (κ2) is 7.57. The van der Waals surface area contributed by atoms with E-state index in [1.165, 1.54) is 10.4 Å². The summed E-state index contributed by atoms with van der Waals surface area (Å²) in [5.74, 6) is -0.798. The van der Waals surface area contributed by atoms with Crippen LogP contribution in [0.15, 0.2) is 72.3 Å². The number of hydrogen-bond donors (Lipinski definition) is 0. The van der Waals surface area contributed by atoms with Crippen molar-refractivity contribution in [1.29, 1.82) is 0 Å². The lowest BCUT2D eigenvalue weighted by Gasteiger charge is -2.43. The third-order valence-electron chi connectivity index (χ3n) is 5.94. The lowest BCUT2D eigenvalue weighted by Crippen LogP contribution is -2.66. The Morgan fingerprint density at radius 2 is 1.40 bits per heavy atom. The molecule has 4 rings (SSSR count). The van der Waals surface area contributed by atoms with Gasteiger partial charge in [-0.15, -0.1) is 0 Å². The summed E-state index contributed by atoms with van der Waals surface area (Å²) in [6.07, 6.45) is 0.728. The zero-order chi connectivity index (χ0) is 21.6. The van der Waals surface area contributed by atoms with Crippen LogP contribution < -0.4 is 10.4 Å². The highest BCUT2D eigenvalue weighted by Crippen LogP contribution is 2.40. The summed E-state index contributed by atoms with van der Waals surface area (Å²) in [6.45, 7) is 10.8. The highest BCUT2D eigenvalue weighted by molar-refractivity contribution is 6.99. The van der Waals surface area contributed by atoms with Gasteiger partial charge in [0.2, 0.25) is 0 Å². The Morgan fingerprint density at radius 3 is 1.90 bits per heavy atom. The Morgan fingerprint density at radius 1 is 0.900 bits per heavy atom. The molecule has 1 aliphatic heterocycles. The summed E-state index contributed by atoms with van der Waals surface area (Å²) in [7, 11) is -2.67. The summed E-state index contributed by atoms with van der Waals surface area (Å²) in [5.41, 5.74) is 0.864. The van der Waals surface area contributed by atoms with E-state index in [1.54, 1.807) is 6.08 Å². The summed E-state index contributed by atoms with van der Waals surface area (Å²) in [4.78, 5) is 12.5. The Bertz CT molecular complexity index is 905. The van der Waals surface area contributed by atoms with E-state index in [4.69, 9.17) is 13.9 Å². The molecule has 1 fully saturated rings. The average Bonchev–Trinajstić information content (AvgIpc) is 3.17.